The predicted octanol–water partition coefficient (Wildman–Crippen LogP) is 1.98. The quantitative estimate of drug-likeness (QED) is 0.701. The fourth-order valence-electron chi connectivity index (χ4n) is 1.96. The largest absolute Gasteiger partial charge is 0.493 e. The van der Waals surface area contributed by atoms with Crippen molar-refractivity contribution >= 4 is 0 Å². The van der Waals surface area contributed by atoms with Crippen molar-refractivity contribution in [3.05, 3.63) is 17.7 Å². The van der Waals surface area contributed by atoms with Gasteiger partial charge in [0, 0.05) is 19.7 Å². The summed E-state index contributed by atoms with van der Waals surface area (Å²) in [5.74, 6) is 2.00. The Balaban J connectivity index is 2.11. The summed E-state index contributed by atoms with van der Waals surface area (Å²) in [5.41, 5.74) is 1.13. The van der Waals surface area contributed by atoms with Crippen molar-refractivity contribution in [1.82, 2.24) is 5.32 Å². The van der Waals surface area contributed by atoms with Crippen molar-refractivity contribution in [1.29, 1.82) is 0 Å². The summed E-state index contributed by atoms with van der Waals surface area (Å²) in [6.45, 7) is 1.80. The van der Waals surface area contributed by atoms with Crippen LogP contribution in [-0.4, -0.2) is 40.6 Å². The van der Waals surface area contributed by atoms with Gasteiger partial charge in [-0.15, -0.1) is 0 Å². The lowest BCUT2D eigenvalue weighted by atomic mass is 10.1. The molecule has 0 aromatic heterocycles. The van der Waals surface area contributed by atoms with Crippen LogP contribution in [0.15, 0.2) is 12.1 Å². The van der Waals surface area contributed by atoms with Crippen LogP contribution in [0.5, 0.6) is 17.2 Å². The van der Waals surface area contributed by atoms with Crippen LogP contribution >= 0.6 is 0 Å². The van der Waals surface area contributed by atoms with Crippen molar-refractivity contribution < 1.29 is 18.9 Å². The third-order valence-corrected chi connectivity index (χ3v) is 3.23. The molecule has 1 fully saturated rings. The molecular weight excluding hydrogens is 258 g/mol. The van der Waals surface area contributed by atoms with Crippen LogP contribution in [0.1, 0.15) is 18.4 Å². The molecule has 1 saturated carbocycles. The summed E-state index contributed by atoms with van der Waals surface area (Å²) in [7, 11) is 4.91. The van der Waals surface area contributed by atoms with E-state index in [-0.39, 0.29) is 0 Å². The van der Waals surface area contributed by atoms with E-state index in [9.17, 15) is 0 Å². The van der Waals surface area contributed by atoms with E-state index in [2.05, 4.69) is 5.32 Å². The average molecular weight is 281 g/mol. The maximum Gasteiger partial charge on any atom is 0.203 e. The van der Waals surface area contributed by atoms with Gasteiger partial charge in [0.25, 0.3) is 0 Å². The zero-order chi connectivity index (χ0) is 14.4. The van der Waals surface area contributed by atoms with E-state index >= 15 is 0 Å². The van der Waals surface area contributed by atoms with Crippen LogP contribution < -0.4 is 19.5 Å². The molecule has 1 N–H and O–H groups in total. The van der Waals surface area contributed by atoms with E-state index in [4.69, 9.17) is 18.9 Å². The van der Waals surface area contributed by atoms with E-state index in [1.165, 1.54) is 12.8 Å². The second-order valence-electron chi connectivity index (χ2n) is 4.83. The Morgan fingerprint density at radius 2 is 1.70 bits per heavy atom. The van der Waals surface area contributed by atoms with Crippen LogP contribution in [0.25, 0.3) is 0 Å². The standard InChI is InChI=1S/C15H23NO4/c1-17-6-7-20-15-13(18-2)8-11(9-14(15)19-3)10-16-12-4-5-12/h8-9,12,16H,4-7,10H2,1-3H3. The molecule has 2 rings (SSSR count). The highest BCUT2D eigenvalue weighted by molar-refractivity contribution is 5.53. The van der Waals surface area contributed by atoms with Gasteiger partial charge in [-0.2, -0.15) is 0 Å². The van der Waals surface area contributed by atoms with Crippen molar-refractivity contribution in [3.63, 3.8) is 0 Å². The average Bonchev–Trinajstić information content (AvgIpc) is 3.29. The highest BCUT2D eigenvalue weighted by Gasteiger charge is 2.21. The summed E-state index contributed by atoms with van der Waals surface area (Å²) in [4.78, 5) is 0. The Kier molecular flexibility index (Phi) is 5.49. The first kappa shape index (κ1) is 14.9. The summed E-state index contributed by atoms with van der Waals surface area (Å²) in [6, 6.07) is 4.64. The highest BCUT2D eigenvalue weighted by Crippen LogP contribution is 2.38. The van der Waals surface area contributed by atoms with Crippen LogP contribution in [0.2, 0.25) is 0 Å². The minimum Gasteiger partial charge on any atom is -0.493 e. The zero-order valence-electron chi connectivity index (χ0n) is 12.4. The molecule has 0 bridgehead atoms. The van der Waals surface area contributed by atoms with Crippen LogP contribution in [0.3, 0.4) is 0 Å². The molecule has 0 atom stereocenters. The molecule has 1 aromatic rings. The third-order valence-electron chi connectivity index (χ3n) is 3.23. The molecule has 0 amide bonds. The number of hydrogen-bond acceptors (Lipinski definition) is 5. The maximum absolute atomic E-state index is 5.69. The maximum atomic E-state index is 5.69. The lowest BCUT2D eigenvalue weighted by Gasteiger charge is -2.16. The summed E-state index contributed by atoms with van der Waals surface area (Å²) < 4.78 is 21.5. The summed E-state index contributed by atoms with van der Waals surface area (Å²) in [5, 5.41) is 3.48. The molecular formula is C15H23NO4. The molecule has 0 aliphatic heterocycles. The monoisotopic (exact) mass is 281 g/mol. The zero-order valence-corrected chi connectivity index (χ0v) is 12.4. The Bertz CT molecular complexity index is 407. The topological polar surface area (TPSA) is 49.0 Å². The SMILES string of the molecule is COCCOc1c(OC)cc(CNC2CC2)cc1OC. The first-order valence-corrected chi connectivity index (χ1v) is 6.88. The van der Waals surface area contributed by atoms with Crippen molar-refractivity contribution in [2.75, 3.05) is 34.5 Å². The van der Waals surface area contributed by atoms with Gasteiger partial charge in [0.05, 0.1) is 20.8 Å². The molecule has 0 saturated heterocycles. The Labute approximate surface area is 120 Å². The van der Waals surface area contributed by atoms with Crippen molar-refractivity contribution in [3.8, 4) is 17.2 Å². The van der Waals surface area contributed by atoms with Gasteiger partial charge < -0.3 is 24.3 Å². The molecule has 0 spiro atoms. The van der Waals surface area contributed by atoms with Gasteiger partial charge in [0.2, 0.25) is 5.75 Å². The van der Waals surface area contributed by atoms with Gasteiger partial charge in [-0.3, -0.25) is 0 Å². The number of benzene rings is 1. The molecule has 5 heteroatoms. The minimum absolute atomic E-state index is 0.461. The summed E-state index contributed by atoms with van der Waals surface area (Å²) in [6.07, 6.45) is 2.54. The van der Waals surface area contributed by atoms with Crippen LogP contribution in [0.4, 0.5) is 0 Å². The Morgan fingerprint density at radius 1 is 1.05 bits per heavy atom. The molecule has 0 unspecified atom stereocenters. The second-order valence-corrected chi connectivity index (χ2v) is 4.83. The number of ether oxygens (including phenoxy) is 4. The van der Waals surface area contributed by atoms with Gasteiger partial charge in [0.15, 0.2) is 11.5 Å². The van der Waals surface area contributed by atoms with E-state index in [0.29, 0.717) is 36.5 Å². The second kappa shape index (κ2) is 7.36. The summed E-state index contributed by atoms with van der Waals surface area (Å²) >= 11 is 0. The van der Waals surface area contributed by atoms with E-state index in [1.807, 2.05) is 12.1 Å². The first-order valence-electron chi connectivity index (χ1n) is 6.88. The van der Waals surface area contributed by atoms with E-state index in [0.717, 1.165) is 12.1 Å². The van der Waals surface area contributed by atoms with E-state index < -0.39 is 0 Å². The smallest absolute Gasteiger partial charge is 0.203 e. The molecule has 5 nitrogen and oxygen atoms in total. The Hall–Kier alpha value is -1.46. The molecule has 0 radical (unpaired) electrons. The molecule has 1 aliphatic carbocycles. The number of methoxy groups -OCH3 is 3. The number of rotatable bonds is 9. The van der Waals surface area contributed by atoms with Crippen LogP contribution in [0, 0.1) is 0 Å². The van der Waals surface area contributed by atoms with Crippen molar-refractivity contribution in [2.24, 2.45) is 0 Å². The van der Waals surface area contributed by atoms with E-state index in [1.54, 1.807) is 21.3 Å². The minimum atomic E-state index is 0.461. The van der Waals surface area contributed by atoms with Gasteiger partial charge >= 0.3 is 0 Å². The Morgan fingerprint density at radius 3 is 2.20 bits per heavy atom. The molecule has 1 aromatic carbocycles. The molecule has 0 heterocycles. The normalized spacial score (nSPS) is 14.2. The van der Waals surface area contributed by atoms with Gasteiger partial charge in [-0.1, -0.05) is 0 Å². The molecule has 20 heavy (non-hydrogen) atoms. The first-order chi connectivity index (χ1) is 9.78. The van der Waals surface area contributed by atoms with Gasteiger partial charge in [0.1, 0.15) is 6.61 Å². The number of nitrogens with one attached hydrogen (secondary N) is 1. The predicted molar refractivity (Wildman–Crippen MR) is 76.8 cm³/mol. The lowest BCUT2D eigenvalue weighted by Crippen LogP contribution is -2.15. The lowest BCUT2D eigenvalue weighted by molar-refractivity contribution is 0.142. The fraction of sp³-hybridized carbons (Fsp3) is 0.600. The van der Waals surface area contributed by atoms with Gasteiger partial charge in [-0.05, 0) is 30.5 Å². The van der Waals surface area contributed by atoms with Crippen molar-refractivity contribution in [2.45, 2.75) is 25.4 Å². The fourth-order valence-corrected chi connectivity index (χ4v) is 1.96. The number of hydrogen-bond donors (Lipinski definition) is 1. The molecule has 1 aliphatic rings. The van der Waals surface area contributed by atoms with Gasteiger partial charge in [-0.25, -0.2) is 0 Å². The van der Waals surface area contributed by atoms with Crippen LogP contribution in [-0.2, 0) is 11.3 Å². The third kappa shape index (κ3) is 4.02. The molecule has 112 valence electrons. The highest BCUT2D eigenvalue weighted by atomic mass is 16.6.